The third-order valence-electron chi connectivity index (χ3n) is 4.11. The first-order chi connectivity index (χ1) is 10.1. The van der Waals surface area contributed by atoms with Crippen molar-refractivity contribution in [1.82, 2.24) is 9.80 Å². The molecular weight excluding hydrogens is 262 g/mol. The molecule has 0 aromatic heterocycles. The molecule has 1 aromatic carbocycles. The molecular formula is C17H27N3O. The highest BCUT2D eigenvalue weighted by Crippen LogP contribution is 2.23. The number of anilines is 1. The summed E-state index contributed by atoms with van der Waals surface area (Å²) in [5.41, 5.74) is 2.15. The second-order valence-electron chi connectivity index (χ2n) is 6.19. The Morgan fingerprint density at radius 2 is 1.86 bits per heavy atom. The summed E-state index contributed by atoms with van der Waals surface area (Å²) < 4.78 is 0. The molecule has 1 heterocycles. The molecule has 0 unspecified atom stereocenters. The Morgan fingerprint density at radius 1 is 1.19 bits per heavy atom. The third-order valence-corrected chi connectivity index (χ3v) is 4.11. The lowest BCUT2D eigenvalue weighted by molar-refractivity contribution is -0.116. The van der Waals surface area contributed by atoms with Crippen LogP contribution in [0.3, 0.4) is 0 Å². The van der Waals surface area contributed by atoms with E-state index in [1.54, 1.807) is 0 Å². The molecule has 0 radical (unpaired) electrons. The minimum absolute atomic E-state index is 0.113. The molecule has 1 aromatic rings. The number of likely N-dealkylation sites (N-methyl/N-ethyl adjacent to an activating group) is 1. The predicted octanol–water partition coefficient (Wildman–Crippen LogP) is 2.39. The molecule has 1 amide bonds. The van der Waals surface area contributed by atoms with Crippen molar-refractivity contribution in [2.75, 3.05) is 45.1 Å². The van der Waals surface area contributed by atoms with Crippen LogP contribution >= 0.6 is 0 Å². The van der Waals surface area contributed by atoms with Crippen LogP contribution in [0.25, 0.3) is 0 Å². The van der Waals surface area contributed by atoms with Gasteiger partial charge in [-0.2, -0.15) is 0 Å². The number of para-hydroxylation sites is 1. The maximum atomic E-state index is 12.1. The van der Waals surface area contributed by atoms with Gasteiger partial charge in [-0.15, -0.1) is 0 Å². The minimum atomic E-state index is 0.113. The SMILES string of the molecule is CC(C)c1ccccc1NC(=O)CCN1CCN(C)CC1. The van der Waals surface area contributed by atoms with Gasteiger partial charge in [0, 0.05) is 44.8 Å². The highest BCUT2D eigenvalue weighted by Gasteiger charge is 2.15. The lowest BCUT2D eigenvalue weighted by Gasteiger charge is -2.32. The largest absolute Gasteiger partial charge is 0.326 e. The molecule has 0 aliphatic carbocycles. The molecule has 1 aliphatic rings. The van der Waals surface area contributed by atoms with E-state index in [1.165, 1.54) is 5.56 Å². The summed E-state index contributed by atoms with van der Waals surface area (Å²) in [6, 6.07) is 8.07. The zero-order chi connectivity index (χ0) is 15.2. The number of nitrogens with zero attached hydrogens (tertiary/aromatic N) is 2. The molecule has 21 heavy (non-hydrogen) atoms. The smallest absolute Gasteiger partial charge is 0.225 e. The van der Waals surface area contributed by atoms with Crippen LogP contribution in [0, 0.1) is 0 Å². The molecule has 1 saturated heterocycles. The van der Waals surface area contributed by atoms with E-state index in [4.69, 9.17) is 0 Å². The fourth-order valence-corrected chi connectivity index (χ4v) is 2.66. The van der Waals surface area contributed by atoms with E-state index >= 15 is 0 Å². The molecule has 116 valence electrons. The topological polar surface area (TPSA) is 35.6 Å². The Balaban J connectivity index is 1.82. The monoisotopic (exact) mass is 289 g/mol. The summed E-state index contributed by atoms with van der Waals surface area (Å²) in [6.07, 6.45) is 0.566. The lowest BCUT2D eigenvalue weighted by Crippen LogP contribution is -2.45. The van der Waals surface area contributed by atoms with Crippen molar-refractivity contribution in [3.63, 3.8) is 0 Å². The molecule has 1 fully saturated rings. The molecule has 1 aliphatic heterocycles. The first-order valence-electron chi connectivity index (χ1n) is 7.86. The number of hydrogen-bond donors (Lipinski definition) is 1. The van der Waals surface area contributed by atoms with E-state index < -0.39 is 0 Å². The van der Waals surface area contributed by atoms with E-state index in [0.29, 0.717) is 12.3 Å². The molecule has 4 nitrogen and oxygen atoms in total. The zero-order valence-corrected chi connectivity index (χ0v) is 13.4. The van der Waals surface area contributed by atoms with Gasteiger partial charge in [0.1, 0.15) is 0 Å². The van der Waals surface area contributed by atoms with E-state index in [2.05, 4.69) is 42.1 Å². The Bertz CT molecular complexity index is 465. The number of rotatable bonds is 5. The van der Waals surface area contributed by atoms with Gasteiger partial charge < -0.3 is 15.1 Å². The molecule has 2 rings (SSSR count). The van der Waals surface area contributed by atoms with Gasteiger partial charge in [0.2, 0.25) is 5.91 Å². The van der Waals surface area contributed by atoms with Gasteiger partial charge in [0.25, 0.3) is 0 Å². The zero-order valence-electron chi connectivity index (χ0n) is 13.4. The van der Waals surface area contributed by atoms with Crippen molar-refractivity contribution in [2.24, 2.45) is 0 Å². The number of benzene rings is 1. The van der Waals surface area contributed by atoms with E-state index in [0.717, 1.165) is 38.4 Å². The minimum Gasteiger partial charge on any atom is -0.326 e. The van der Waals surface area contributed by atoms with Gasteiger partial charge in [0.15, 0.2) is 0 Å². The van der Waals surface area contributed by atoms with Crippen molar-refractivity contribution < 1.29 is 4.79 Å². The number of carbonyl (C=O) groups is 1. The average molecular weight is 289 g/mol. The summed E-state index contributed by atoms with van der Waals surface area (Å²) in [5, 5.41) is 3.06. The van der Waals surface area contributed by atoms with Gasteiger partial charge in [0.05, 0.1) is 0 Å². The summed E-state index contributed by atoms with van der Waals surface area (Å²) in [4.78, 5) is 16.8. The van der Waals surface area contributed by atoms with Gasteiger partial charge in [-0.05, 0) is 24.6 Å². The van der Waals surface area contributed by atoms with Crippen LogP contribution < -0.4 is 5.32 Å². The van der Waals surface area contributed by atoms with Gasteiger partial charge in [-0.25, -0.2) is 0 Å². The van der Waals surface area contributed by atoms with Crippen LogP contribution in [0.15, 0.2) is 24.3 Å². The van der Waals surface area contributed by atoms with Gasteiger partial charge >= 0.3 is 0 Å². The van der Waals surface area contributed by atoms with Crippen LogP contribution in [0.2, 0.25) is 0 Å². The maximum absolute atomic E-state index is 12.1. The van der Waals surface area contributed by atoms with Crippen LogP contribution in [0.5, 0.6) is 0 Å². The van der Waals surface area contributed by atoms with E-state index in [9.17, 15) is 4.79 Å². The van der Waals surface area contributed by atoms with Crippen molar-refractivity contribution >= 4 is 11.6 Å². The van der Waals surface area contributed by atoms with Crippen LogP contribution in [-0.4, -0.2) is 55.5 Å². The second-order valence-corrected chi connectivity index (χ2v) is 6.19. The summed E-state index contributed by atoms with van der Waals surface area (Å²) >= 11 is 0. The summed E-state index contributed by atoms with van der Waals surface area (Å²) in [5.74, 6) is 0.529. The molecule has 0 atom stereocenters. The Morgan fingerprint density at radius 3 is 2.52 bits per heavy atom. The number of hydrogen-bond acceptors (Lipinski definition) is 3. The van der Waals surface area contributed by atoms with E-state index in [1.807, 2.05) is 18.2 Å². The Labute approximate surface area is 128 Å². The third kappa shape index (κ3) is 4.83. The first kappa shape index (κ1) is 16.0. The molecule has 4 heteroatoms. The lowest BCUT2D eigenvalue weighted by atomic mass is 10.0. The molecule has 0 bridgehead atoms. The van der Waals surface area contributed by atoms with Crippen molar-refractivity contribution in [3.8, 4) is 0 Å². The van der Waals surface area contributed by atoms with Crippen molar-refractivity contribution in [2.45, 2.75) is 26.2 Å². The number of amides is 1. The maximum Gasteiger partial charge on any atom is 0.225 e. The van der Waals surface area contributed by atoms with Crippen molar-refractivity contribution in [3.05, 3.63) is 29.8 Å². The Hall–Kier alpha value is -1.39. The number of nitrogens with one attached hydrogen (secondary N) is 1. The average Bonchev–Trinajstić information content (AvgIpc) is 2.47. The standard InChI is InChI=1S/C17H27N3O/c1-14(2)15-6-4-5-7-16(15)18-17(21)8-9-20-12-10-19(3)11-13-20/h4-7,14H,8-13H2,1-3H3,(H,18,21). The summed E-state index contributed by atoms with van der Waals surface area (Å²) in [6.45, 7) is 9.46. The van der Waals surface area contributed by atoms with Crippen molar-refractivity contribution in [1.29, 1.82) is 0 Å². The predicted molar refractivity (Wildman–Crippen MR) is 87.7 cm³/mol. The normalized spacial score (nSPS) is 17.1. The number of piperazine rings is 1. The highest BCUT2D eigenvalue weighted by molar-refractivity contribution is 5.91. The number of carbonyl (C=O) groups excluding carboxylic acids is 1. The first-order valence-corrected chi connectivity index (χ1v) is 7.86. The van der Waals surface area contributed by atoms with Gasteiger partial charge in [-0.1, -0.05) is 32.0 Å². The highest BCUT2D eigenvalue weighted by atomic mass is 16.1. The molecule has 1 N–H and O–H groups in total. The van der Waals surface area contributed by atoms with Crippen LogP contribution in [0.4, 0.5) is 5.69 Å². The van der Waals surface area contributed by atoms with Crippen LogP contribution in [0.1, 0.15) is 31.7 Å². The second kappa shape index (κ2) is 7.57. The van der Waals surface area contributed by atoms with Crippen LogP contribution in [-0.2, 0) is 4.79 Å². The van der Waals surface area contributed by atoms with E-state index in [-0.39, 0.29) is 5.91 Å². The summed E-state index contributed by atoms with van der Waals surface area (Å²) in [7, 11) is 2.15. The quantitative estimate of drug-likeness (QED) is 0.904. The molecule has 0 spiro atoms. The fraction of sp³-hybridized carbons (Fsp3) is 0.588. The van der Waals surface area contributed by atoms with Gasteiger partial charge in [-0.3, -0.25) is 4.79 Å². The Kier molecular flexibility index (Phi) is 5.76. The molecule has 0 saturated carbocycles. The fourth-order valence-electron chi connectivity index (χ4n) is 2.66.